The van der Waals surface area contributed by atoms with Gasteiger partial charge in [0.15, 0.2) is 11.6 Å². The summed E-state index contributed by atoms with van der Waals surface area (Å²) in [6.45, 7) is 3.57. The lowest BCUT2D eigenvalue weighted by molar-refractivity contribution is 0.0972. The molecule has 0 spiro atoms. The number of halogens is 2. The van der Waals surface area contributed by atoms with Crippen molar-refractivity contribution in [3.8, 4) is 23.0 Å². The van der Waals surface area contributed by atoms with Crippen LogP contribution in [-0.2, 0) is 17.4 Å². The van der Waals surface area contributed by atoms with E-state index in [0.717, 1.165) is 22.3 Å². The summed E-state index contributed by atoms with van der Waals surface area (Å²) in [6, 6.07) is 18.2. The van der Waals surface area contributed by atoms with Gasteiger partial charge in [-0.25, -0.2) is 4.57 Å². The maximum atomic E-state index is 12.8. The third-order valence-corrected chi connectivity index (χ3v) is 8.18. The Morgan fingerprint density at radius 1 is 0.674 bits per heavy atom. The zero-order valence-electron chi connectivity index (χ0n) is 23.3. The van der Waals surface area contributed by atoms with Crippen LogP contribution in [0.5, 0.6) is 23.0 Å². The van der Waals surface area contributed by atoms with Gasteiger partial charge in [-0.15, -0.1) is 0 Å². The lowest BCUT2D eigenvalue weighted by atomic mass is 9.99. The minimum absolute atomic E-state index is 0.113. The molecule has 224 valence electrons. The van der Waals surface area contributed by atoms with Crippen molar-refractivity contribution in [1.29, 1.82) is 0 Å². The molecule has 0 atom stereocenters. The third kappa shape index (κ3) is 8.62. The molecule has 0 aliphatic heterocycles. The van der Waals surface area contributed by atoms with E-state index in [1.807, 2.05) is 0 Å². The van der Waals surface area contributed by atoms with E-state index in [-0.39, 0.29) is 58.5 Å². The van der Waals surface area contributed by atoms with E-state index >= 15 is 0 Å². The Kier molecular flexibility index (Phi) is 10.2. The average Bonchev–Trinajstić information content (AvgIpc) is 2.94. The van der Waals surface area contributed by atoms with Gasteiger partial charge in [-0.2, -0.15) is 0 Å². The number of carbonyl (C=O) groups excluding carboxylic acids is 2. The monoisotopic (exact) mass is 642 g/mol. The van der Waals surface area contributed by atoms with Crippen molar-refractivity contribution in [1.82, 2.24) is 0 Å². The van der Waals surface area contributed by atoms with Crippen LogP contribution in [0.25, 0.3) is 0 Å². The number of hydrogen-bond donors (Lipinski definition) is 3. The van der Waals surface area contributed by atoms with Crippen LogP contribution in [0.15, 0.2) is 72.8 Å². The van der Waals surface area contributed by atoms with Gasteiger partial charge >= 0.3 is 7.82 Å². The van der Waals surface area contributed by atoms with Gasteiger partial charge in [-0.1, -0.05) is 35.3 Å². The summed E-state index contributed by atoms with van der Waals surface area (Å²) in [5.41, 5.74) is 3.43. The topological polar surface area (TPSA) is 130 Å². The van der Waals surface area contributed by atoms with Gasteiger partial charge < -0.3 is 19.3 Å². The Labute approximate surface area is 259 Å². The molecule has 0 bridgehead atoms. The highest BCUT2D eigenvalue weighted by Crippen LogP contribution is 2.45. The number of phosphoric acid groups is 1. The van der Waals surface area contributed by atoms with E-state index < -0.39 is 7.82 Å². The van der Waals surface area contributed by atoms with E-state index in [4.69, 9.17) is 32.2 Å². The first-order valence-electron chi connectivity index (χ1n) is 13.3. The first kappa shape index (κ1) is 32.1. The second-order valence-corrected chi connectivity index (χ2v) is 12.2. The molecule has 0 unspecified atom stereocenters. The van der Waals surface area contributed by atoms with Crippen molar-refractivity contribution in [2.75, 3.05) is 0 Å². The highest BCUT2D eigenvalue weighted by Gasteiger charge is 2.26. The molecule has 11 heteroatoms. The summed E-state index contributed by atoms with van der Waals surface area (Å²) in [5, 5.41) is 20.6. The highest BCUT2D eigenvalue weighted by molar-refractivity contribution is 7.48. The predicted molar refractivity (Wildman–Crippen MR) is 165 cm³/mol. The smallest absolute Gasteiger partial charge is 0.507 e. The summed E-state index contributed by atoms with van der Waals surface area (Å²) in [4.78, 5) is 35.5. The van der Waals surface area contributed by atoms with Crippen LogP contribution in [0.3, 0.4) is 0 Å². The van der Waals surface area contributed by atoms with Gasteiger partial charge in [0.2, 0.25) is 0 Å². The number of phenolic OH excluding ortho intramolecular Hbond substituents is 2. The molecule has 4 rings (SSSR count). The molecule has 3 N–H and O–H groups in total. The highest BCUT2D eigenvalue weighted by atomic mass is 35.5. The molecule has 0 aromatic heterocycles. The summed E-state index contributed by atoms with van der Waals surface area (Å²) in [6.07, 6.45) is 1.01. The van der Waals surface area contributed by atoms with Crippen molar-refractivity contribution in [3.63, 3.8) is 0 Å². The molecule has 8 nitrogen and oxygen atoms in total. The minimum atomic E-state index is -4.56. The molecule has 43 heavy (non-hydrogen) atoms. The number of carbonyl (C=O) groups is 2. The first-order chi connectivity index (χ1) is 20.3. The quantitative estimate of drug-likeness (QED) is 0.104. The van der Waals surface area contributed by atoms with Gasteiger partial charge in [-0.05, 0) is 110 Å². The fraction of sp³-hybridized carbons (Fsp3) is 0.188. The standard InChI is InChI=1S/C32H29Cl2O8P/c1-19-15-25(9-3-21(19)5-11-29(35)27-17-23(33)7-13-31(27)37)41-43(39,40)42-26-10-4-22(20(2)16-26)6-12-30(36)28-18-24(34)8-14-32(28)38/h3-4,7-10,13-18,37-38H,5-6,11-12H2,1-2H3,(H,39,40). The fourth-order valence-corrected chi connectivity index (χ4v) is 5.67. The van der Waals surface area contributed by atoms with Crippen molar-refractivity contribution >= 4 is 42.6 Å². The van der Waals surface area contributed by atoms with E-state index in [9.17, 15) is 29.3 Å². The van der Waals surface area contributed by atoms with Crippen LogP contribution in [0, 0.1) is 13.8 Å². The number of Topliss-reactive ketones (excluding diaryl/α,β-unsaturated/α-hetero) is 2. The number of aromatic hydroxyl groups is 2. The minimum Gasteiger partial charge on any atom is -0.507 e. The third-order valence-electron chi connectivity index (χ3n) is 6.83. The number of phosphoric ester groups is 1. The number of ketones is 2. The average molecular weight is 643 g/mol. The Balaban J connectivity index is 1.34. The van der Waals surface area contributed by atoms with Crippen LogP contribution in [-0.4, -0.2) is 26.7 Å². The van der Waals surface area contributed by atoms with Crippen molar-refractivity contribution in [3.05, 3.63) is 116 Å². The normalized spacial score (nSPS) is 11.3. The van der Waals surface area contributed by atoms with Crippen LogP contribution >= 0.6 is 31.0 Å². The summed E-state index contributed by atoms with van der Waals surface area (Å²) < 4.78 is 23.3. The summed E-state index contributed by atoms with van der Waals surface area (Å²) in [7, 11) is -4.56. The van der Waals surface area contributed by atoms with E-state index in [2.05, 4.69) is 0 Å². The fourth-order valence-electron chi connectivity index (χ4n) is 4.53. The lowest BCUT2D eigenvalue weighted by Gasteiger charge is -2.16. The summed E-state index contributed by atoms with van der Waals surface area (Å²) in [5.74, 6) is -0.571. The van der Waals surface area contributed by atoms with Gasteiger partial charge in [0.25, 0.3) is 0 Å². The maximum absolute atomic E-state index is 12.8. The molecule has 0 aliphatic rings. The largest absolute Gasteiger partial charge is 0.584 e. The molecular weight excluding hydrogens is 614 g/mol. The van der Waals surface area contributed by atoms with Gasteiger partial charge in [0.05, 0.1) is 11.1 Å². The van der Waals surface area contributed by atoms with Crippen LogP contribution in [0.1, 0.15) is 55.8 Å². The second-order valence-electron chi connectivity index (χ2n) is 10.00. The van der Waals surface area contributed by atoms with Gasteiger partial charge in [0.1, 0.15) is 23.0 Å². The van der Waals surface area contributed by atoms with Crippen molar-refractivity contribution in [2.45, 2.75) is 39.5 Å². The van der Waals surface area contributed by atoms with Crippen LogP contribution < -0.4 is 9.05 Å². The molecule has 4 aromatic carbocycles. The zero-order chi connectivity index (χ0) is 31.3. The molecule has 4 aromatic rings. The number of hydrogen-bond acceptors (Lipinski definition) is 7. The lowest BCUT2D eigenvalue weighted by Crippen LogP contribution is -2.04. The molecule has 0 fully saturated rings. The van der Waals surface area contributed by atoms with Crippen molar-refractivity contribution in [2.24, 2.45) is 0 Å². The van der Waals surface area contributed by atoms with E-state index in [1.54, 1.807) is 38.1 Å². The van der Waals surface area contributed by atoms with Gasteiger partial charge in [-0.3, -0.25) is 14.5 Å². The first-order valence-corrected chi connectivity index (χ1v) is 15.5. The Bertz CT molecular complexity index is 1610. The molecular formula is C32H29Cl2O8P. The Morgan fingerprint density at radius 3 is 1.44 bits per heavy atom. The number of phenols is 2. The SMILES string of the molecule is Cc1cc(OP(=O)(O)Oc2ccc(CCC(=O)c3cc(Cl)ccc3O)c(C)c2)ccc1CCC(=O)c1cc(Cl)ccc1O. The van der Waals surface area contributed by atoms with Crippen LogP contribution in [0.2, 0.25) is 10.0 Å². The molecule has 0 saturated heterocycles. The summed E-state index contributed by atoms with van der Waals surface area (Å²) >= 11 is 11.9. The van der Waals surface area contributed by atoms with Crippen molar-refractivity contribution < 1.29 is 38.3 Å². The molecule has 0 amide bonds. The maximum Gasteiger partial charge on any atom is 0.584 e. The molecule has 0 heterocycles. The number of aryl methyl sites for hydroxylation is 4. The Morgan fingerprint density at radius 2 is 1.07 bits per heavy atom. The van der Waals surface area contributed by atoms with E-state index in [0.29, 0.717) is 22.9 Å². The zero-order valence-corrected chi connectivity index (χ0v) is 25.7. The number of benzene rings is 4. The van der Waals surface area contributed by atoms with Crippen LogP contribution in [0.4, 0.5) is 0 Å². The molecule has 0 aliphatic carbocycles. The number of rotatable bonds is 12. The van der Waals surface area contributed by atoms with Gasteiger partial charge in [0, 0.05) is 22.9 Å². The predicted octanol–water partition coefficient (Wildman–Crippen LogP) is 8.21. The van der Waals surface area contributed by atoms with E-state index in [1.165, 1.54) is 48.5 Å². The molecule has 0 radical (unpaired) electrons. The molecule has 0 saturated carbocycles. The second kappa shape index (κ2) is 13.7. The Hall–Kier alpha value is -3.81.